The number of nitrogens with one attached hydrogen (secondary N) is 1. The molecule has 0 saturated carbocycles. The SMILES string of the molecule is CCC(Sc1ncc(-c2ccccc2)nn1)C(=O)Nc1ccccc1OC. The Hall–Kier alpha value is -2.93. The number of para-hydroxylation sites is 2. The first-order chi connectivity index (χ1) is 13.2. The van der Waals surface area contributed by atoms with E-state index in [9.17, 15) is 4.79 Å². The lowest BCUT2D eigenvalue weighted by Crippen LogP contribution is -2.25. The number of carbonyl (C=O) groups is 1. The van der Waals surface area contributed by atoms with Crippen molar-refractivity contribution < 1.29 is 9.53 Å². The molecule has 1 N–H and O–H groups in total. The molecule has 138 valence electrons. The van der Waals surface area contributed by atoms with Crippen molar-refractivity contribution >= 4 is 23.4 Å². The summed E-state index contributed by atoms with van der Waals surface area (Å²) in [6.45, 7) is 1.95. The fourth-order valence-electron chi connectivity index (χ4n) is 2.47. The molecule has 0 radical (unpaired) electrons. The summed E-state index contributed by atoms with van der Waals surface area (Å²) in [6.07, 6.45) is 2.31. The second kappa shape index (κ2) is 9.14. The highest BCUT2D eigenvalue weighted by atomic mass is 32.2. The van der Waals surface area contributed by atoms with E-state index in [-0.39, 0.29) is 11.2 Å². The van der Waals surface area contributed by atoms with Crippen LogP contribution < -0.4 is 10.1 Å². The number of thioether (sulfide) groups is 1. The van der Waals surface area contributed by atoms with Gasteiger partial charge in [-0.3, -0.25) is 4.79 Å². The van der Waals surface area contributed by atoms with E-state index in [1.54, 1.807) is 25.4 Å². The van der Waals surface area contributed by atoms with E-state index in [1.165, 1.54) is 11.8 Å². The van der Waals surface area contributed by atoms with Crippen molar-refractivity contribution in [3.05, 3.63) is 60.8 Å². The van der Waals surface area contributed by atoms with Crippen LogP contribution in [0.3, 0.4) is 0 Å². The van der Waals surface area contributed by atoms with E-state index in [4.69, 9.17) is 4.74 Å². The quantitative estimate of drug-likeness (QED) is 0.623. The van der Waals surface area contributed by atoms with E-state index in [0.717, 1.165) is 5.56 Å². The zero-order valence-electron chi connectivity index (χ0n) is 15.1. The average molecular weight is 380 g/mol. The molecule has 0 aliphatic heterocycles. The number of methoxy groups -OCH3 is 1. The number of rotatable bonds is 7. The molecule has 1 aromatic heterocycles. The molecule has 0 aliphatic rings. The first-order valence-corrected chi connectivity index (χ1v) is 9.45. The third-order valence-electron chi connectivity index (χ3n) is 3.89. The number of nitrogens with zero attached hydrogens (tertiary/aromatic N) is 3. The number of aromatic nitrogens is 3. The van der Waals surface area contributed by atoms with Gasteiger partial charge in [0.25, 0.3) is 0 Å². The number of hydrogen-bond donors (Lipinski definition) is 1. The van der Waals surface area contributed by atoms with Crippen LogP contribution in [0.1, 0.15) is 13.3 Å². The standard InChI is InChI=1S/C20H20N4O2S/c1-3-18(19(25)22-15-11-7-8-12-17(15)26-2)27-20-21-13-16(23-24-20)14-9-5-4-6-10-14/h4-13,18H,3H2,1-2H3,(H,22,25). The monoisotopic (exact) mass is 380 g/mol. The lowest BCUT2D eigenvalue weighted by Gasteiger charge is -2.15. The summed E-state index contributed by atoms with van der Waals surface area (Å²) in [5.74, 6) is 0.499. The van der Waals surface area contributed by atoms with Crippen LogP contribution in [0.4, 0.5) is 5.69 Å². The number of carbonyl (C=O) groups excluding carboxylic acids is 1. The van der Waals surface area contributed by atoms with Gasteiger partial charge in [-0.05, 0) is 18.6 Å². The molecule has 2 aromatic carbocycles. The number of hydrogen-bond acceptors (Lipinski definition) is 6. The summed E-state index contributed by atoms with van der Waals surface area (Å²) in [7, 11) is 1.57. The molecule has 6 nitrogen and oxygen atoms in total. The third kappa shape index (κ3) is 4.83. The van der Waals surface area contributed by atoms with Gasteiger partial charge in [0.15, 0.2) is 0 Å². The van der Waals surface area contributed by atoms with Crippen LogP contribution in [-0.4, -0.2) is 33.4 Å². The molecule has 7 heteroatoms. The van der Waals surface area contributed by atoms with Gasteiger partial charge in [-0.2, -0.15) is 0 Å². The van der Waals surface area contributed by atoms with Crippen LogP contribution in [0.15, 0.2) is 66.0 Å². The molecule has 0 fully saturated rings. The Balaban J connectivity index is 1.68. The van der Waals surface area contributed by atoms with Crippen molar-refractivity contribution in [2.75, 3.05) is 12.4 Å². The number of amides is 1. The Morgan fingerprint density at radius 1 is 1.11 bits per heavy atom. The van der Waals surface area contributed by atoms with Gasteiger partial charge in [-0.15, -0.1) is 10.2 Å². The van der Waals surface area contributed by atoms with Crippen molar-refractivity contribution in [2.45, 2.75) is 23.8 Å². The van der Waals surface area contributed by atoms with E-state index in [2.05, 4.69) is 20.5 Å². The third-order valence-corrected chi connectivity index (χ3v) is 5.12. The average Bonchev–Trinajstić information content (AvgIpc) is 2.73. The van der Waals surface area contributed by atoms with E-state index in [0.29, 0.717) is 28.7 Å². The number of benzene rings is 2. The maximum atomic E-state index is 12.6. The van der Waals surface area contributed by atoms with Gasteiger partial charge in [0.2, 0.25) is 11.1 Å². The van der Waals surface area contributed by atoms with Gasteiger partial charge < -0.3 is 10.1 Å². The molecule has 0 bridgehead atoms. The van der Waals surface area contributed by atoms with E-state index in [1.807, 2.05) is 49.4 Å². The first kappa shape index (κ1) is 18.8. The van der Waals surface area contributed by atoms with Gasteiger partial charge in [-0.1, -0.05) is 61.2 Å². The van der Waals surface area contributed by atoms with Crippen LogP contribution >= 0.6 is 11.8 Å². The molecular weight excluding hydrogens is 360 g/mol. The predicted molar refractivity (Wildman–Crippen MR) is 107 cm³/mol. The van der Waals surface area contributed by atoms with Crippen LogP contribution in [0.5, 0.6) is 5.75 Å². The van der Waals surface area contributed by atoms with E-state index < -0.39 is 0 Å². The minimum absolute atomic E-state index is 0.122. The summed E-state index contributed by atoms with van der Waals surface area (Å²) in [4.78, 5) is 17.0. The van der Waals surface area contributed by atoms with Crippen molar-refractivity contribution in [1.82, 2.24) is 15.2 Å². The van der Waals surface area contributed by atoms with Crippen LogP contribution in [0.2, 0.25) is 0 Å². The molecule has 1 atom stereocenters. The molecule has 1 heterocycles. The second-order valence-electron chi connectivity index (χ2n) is 5.70. The lowest BCUT2D eigenvalue weighted by atomic mass is 10.2. The first-order valence-electron chi connectivity index (χ1n) is 8.57. The summed E-state index contributed by atoms with van der Waals surface area (Å²) in [6, 6.07) is 17.0. The van der Waals surface area contributed by atoms with Gasteiger partial charge in [0.05, 0.1) is 24.2 Å². The molecule has 27 heavy (non-hydrogen) atoms. The highest BCUT2D eigenvalue weighted by molar-refractivity contribution is 8.00. The Bertz CT molecular complexity index is 888. The predicted octanol–water partition coefficient (Wildman–Crippen LogP) is 4.06. The molecule has 0 spiro atoms. The largest absolute Gasteiger partial charge is 0.495 e. The zero-order valence-corrected chi connectivity index (χ0v) is 15.9. The van der Waals surface area contributed by atoms with Crippen LogP contribution in [-0.2, 0) is 4.79 Å². The fraction of sp³-hybridized carbons (Fsp3) is 0.200. The Morgan fingerprint density at radius 3 is 2.52 bits per heavy atom. The maximum absolute atomic E-state index is 12.6. The van der Waals surface area contributed by atoms with Crippen molar-refractivity contribution in [3.8, 4) is 17.0 Å². The normalized spacial score (nSPS) is 11.6. The van der Waals surface area contributed by atoms with Gasteiger partial charge in [-0.25, -0.2) is 4.98 Å². The molecule has 1 amide bonds. The number of ether oxygens (including phenoxy) is 1. The Morgan fingerprint density at radius 2 is 1.85 bits per heavy atom. The molecule has 0 saturated heterocycles. The van der Waals surface area contributed by atoms with Crippen molar-refractivity contribution in [2.24, 2.45) is 0 Å². The fourth-order valence-corrected chi connectivity index (χ4v) is 3.26. The summed E-state index contributed by atoms with van der Waals surface area (Å²) < 4.78 is 5.28. The zero-order chi connectivity index (χ0) is 19.1. The Labute approximate surface area is 162 Å². The van der Waals surface area contributed by atoms with Crippen molar-refractivity contribution in [3.63, 3.8) is 0 Å². The Kier molecular flexibility index (Phi) is 6.38. The summed E-state index contributed by atoms with van der Waals surface area (Å²) >= 11 is 1.30. The lowest BCUT2D eigenvalue weighted by molar-refractivity contribution is -0.115. The summed E-state index contributed by atoms with van der Waals surface area (Å²) in [5.41, 5.74) is 2.30. The molecule has 3 aromatic rings. The summed E-state index contributed by atoms with van der Waals surface area (Å²) in [5, 5.41) is 11.4. The molecule has 3 rings (SSSR count). The molecule has 1 unspecified atom stereocenters. The maximum Gasteiger partial charge on any atom is 0.238 e. The van der Waals surface area contributed by atoms with Gasteiger partial charge >= 0.3 is 0 Å². The molecule has 0 aliphatic carbocycles. The smallest absolute Gasteiger partial charge is 0.238 e. The molecular formula is C20H20N4O2S. The van der Waals surface area contributed by atoms with E-state index >= 15 is 0 Å². The highest BCUT2D eigenvalue weighted by Gasteiger charge is 2.21. The second-order valence-corrected chi connectivity index (χ2v) is 6.87. The highest BCUT2D eigenvalue weighted by Crippen LogP contribution is 2.27. The number of anilines is 1. The van der Waals surface area contributed by atoms with Gasteiger partial charge in [0.1, 0.15) is 11.4 Å². The van der Waals surface area contributed by atoms with Crippen LogP contribution in [0, 0.1) is 0 Å². The van der Waals surface area contributed by atoms with Gasteiger partial charge in [0, 0.05) is 5.56 Å². The van der Waals surface area contributed by atoms with Crippen molar-refractivity contribution in [1.29, 1.82) is 0 Å². The minimum atomic E-state index is -0.334. The van der Waals surface area contributed by atoms with Crippen LogP contribution in [0.25, 0.3) is 11.3 Å². The topological polar surface area (TPSA) is 77.0 Å². The minimum Gasteiger partial charge on any atom is -0.495 e.